The van der Waals surface area contributed by atoms with Crippen LogP contribution in [0.1, 0.15) is 38.5 Å². The number of carbonyl (C=O) groups excluding carboxylic acids is 1. The molecule has 0 fully saturated rings. The number of carboxylic acid groups (broad SMARTS) is 1. The first-order valence-corrected chi connectivity index (χ1v) is 7.23. The highest BCUT2D eigenvalue weighted by molar-refractivity contribution is 7.09. The van der Waals surface area contributed by atoms with Gasteiger partial charge in [-0.3, -0.25) is 9.59 Å². The number of aryl methyl sites for hydroxylation is 1. The number of nitrogens with zero attached hydrogens (tertiary/aromatic N) is 1. The lowest BCUT2D eigenvalue weighted by Crippen LogP contribution is -2.46. The highest BCUT2D eigenvalue weighted by atomic mass is 32.1. The van der Waals surface area contributed by atoms with Crippen LogP contribution in [0.5, 0.6) is 0 Å². The minimum atomic E-state index is -0.875. The van der Waals surface area contributed by atoms with Crippen LogP contribution in [0.2, 0.25) is 0 Å². The molecule has 1 N–H and O–H groups in total. The Labute approximate surface area is 118 Å². The Balaban J connectivity index is 2.58. The number of hydrogen-bond donors (Lipinski definition) is 1. The predicted octanol–water partition coefficient (Wildman–Crippen LogP) is 2.78. The first kappa shape index (κ1) is 15.7. The highest BCUT2D eigenvalue weighted by Gasteiger charge is 2.26. The van der Waals surface area contributed by atoms with Crippen molar-refractivity contribution in [3.05, 3.63) is 22.4 Å². The van der Waals surface area contributed by atoms with E-state index in [1.165, 1.54) is 4.88 Å². The molecule has 106 valence electrons. The predicted molar refractivity (Wildman–Crippen MR) is 76.4 cm³/mol. The molecule has 0 aliphatic heterocycles. The maximum atomic E-state index is 12.2. The van der Waals surface area contributed by atoms with Gasteiger partial charge in [0.25, 0.3) is 0 Å². The van der Waals surface area contributed by atoms with Crippen LogP contribution in [0, 0.1) is 0 Å². The van der Waals surface area contributed by atoms with Crippen molar-refractivity contribution in [1.29, 1.82) is 0 Å². The average Bonchev–Trinajstić information content (AvgIpc) is 2.76. The fraction of sp³-hybridized carbons (Fsp3) is 0.571. The summed E-state index contributed by atoms with van der Waals surface area (Å²) in [6, 6.07) is 3.98. The van der Waals surface area contributed by atoms with E-state index in [-0.39, 0.29) is 24.4 Å². The fourth-order valence-corrected chi connectivity index (χ4v) is 2.57. The van der Waals surface area contributed by atoms with Gasteiger partial charge in [-0.1, -0.05) is 6.07 Å². The summed E-state index contributed by atoms with van der Waals surface area (Å²) in [4.78, 5) is 25.7. The van der Waals surface area contributed by atoms with E-state index in [0.717, 1.165) is 6.42 Å². The zero-order valence-electron chi connectivity index (χ0n) is 11.7. The molecule has 0 aliphatic rings. The van der Waals surface area contributed by atoms with Crippen LogP contribution < -0.4 is 0 Å². The van der Waals surface area contributed by atoms with Gasteiger partial charge in [-0.25, -0.2) is 0 Å². The Morgan fingerprint density at radius 3 is 2.47 bits per heavy atom. The summed E-state index contributed by atoms with van der Waals surface area (Å²) in [6.45, 7) is 6.05. The summed E-state index contributed by atoms with van der Waals surface area (Å²) in [7, 11) is 0. The quantitative estimate of drug-likeness (QED) is 0.873. The third-order valence-corrected chi connectivity index (χ3v) is 3.76. The molecule has 0 aromatic carbocycles. The lowest BCUT2D eigenvalue weighted by molar-refractivity contribution is -0.140. The van der Waals surface area contributed by atoms with Gasteiger partial charge in [0, 0.05) is 23.4 Å². The number of hydrogen-bond acceptors (Lipinski definition) is 3. The summed E-state index contributed by atoms with van der Waals surface area (Å²) < 4.78 is 0. The van der Waals surface area contributed by atoms with Crippen molar-refractivity contribution >= 4 is 23.2 Å². The molecule has 0 atom stereocenters. The molecular weight excluding hydrogens is 262 g/mol. The average molecular weight is 283 g/mol. The van der Waals surface area contributed by atoms with Crippen LogP contribution in [0.25, 0.3) is 0 Å². The van der Waals surface area contributed by atoms with Crippen molar-refractivity contribution in [2.75, 3.05) is 6.54 Å². The number of rotatable bonds is 6. The molecule has 1 heterocycles. The van der Waals surface area contributed by atoms with Gasteiger partial charge >= 0.3 is 5.97 Å². The van der Waals surface area contributed by atoms with E-state index in [9.17, 15) is 9.59 Å². The fourth-order valence-electron chi connectivity index (χ4n) is 1.86. The maximum absolute atomic E-state index is 12.2. The molecule has 1 rings (SSSR count). The van der Waals surface area contributed by atoms with Crippen LogP contribution >= 0.6 is 11.3 Å². The lowest BCUT2D eigenvalue weighted by Gasteiger charge is -2.35. The van der Waals surface area contributed by atoms with E-state index in [4.69, 9.17) is 5.11 Å². The first-order chi connectivity index (χ1) is 8.80. The summed E-state index contributed by atoms with van der Waals surface area (Å²) in [5.74, 6) is -0.859. The van der Waals surface area contributed by atoms with Gasteiger partial charge in [0.15, 0.2) is 0 Å². The molecule has 1 aromatic rings. The second-order valence-corrected chi connectivity index (χ2v) is 6.47. The zero-order valence-corrected chi connectivity index (χ0v) is 12.5. The van der Waals surface area contributed by atoms with Gasteiger partial charge < -0.3 is 10.0 Å². The number of amides is 1. The summed E-state index contributed by atoms with van der Waals surface area (Å²) in [5, 5.41) is 10.7. The van der Waals surface area contributed by atoms with Crippen molar-refractivity contribution in [1.82, 2.24) is 4.90 Å². The van der Waals surface area contributed by atoms with Crippen LogP contribution in [0.4, 0.5) is 0 Å². The topological polar surface area (TPSA) is 57.6 Å². The van der Waals surface area contributed by atoms with Gasteiger partial charge in [-0.05, 0) is 38.6 Å². The monoisotopic (exact) mass is 283 g/mol. The van der Waals surface area contributed by atoms with Crippen molar-refractivity contribution in [2.45, 2.75) is 45.6 Å². The Morgan fingerprint density at radius 2 is 2.00 bits per heavy atom. The van der Waals surface area contributed by atoms with Crippen LogP contribution in [0.3, 0.4) is 0 Å². The molecule has 0 aliphatic carbocycles. The normalized spacial score (nSPS) is 11.3. The van der Waals surface area contributed by atoms with Crippen LogP contribution in [-0.2, 0) is 16.0 Å². The number of thiophene rings is 1. The molecule has 0 bridgehead atoms. The van der Waals surface area contributed by atoms with Crippen molar-refractivity contribution < 1.29 is 14.7 Å². The molecule has 5 heteroatoms. The van der Waals surface area contributed by atoms with Crippen LogP contribution in [-0.4, -0.2) is 34.0 Å². The van der Waals surface area contributed by atoms with E-state index in [1.807, 2.05) is 38.3 Å². The molecule has 0 unspecified atom stereocenters. The van der Waals surface area contributed by atoms with Gasteiger partial charge in [0.05, 0.1) is 6.42 Å². The lowest BCUT2D eigenvalue weighted by atomic mass is 10.0. The molecule has 19 heavy (non-hydrogen) atoms. The van der Waals surface area contributed by atoms with Crippen molar-refractivity contribution in [3.8, 4) is 0 Å². The maximum Gasteiger partial charge on any atom is 0.305 e. The van der Waals surface area contributed by atoms with Crippen molar-refractivity contribution in [3.63, 3.8) is 0 Å². The second kappa shape index (κ2) is 6.70. The molecule has 1 amide bonds. The van der Waals surface area contributed by atoms with E-state index in [1.54, 1.807) is 16.2 Å². The molecule has 0 saturated heterocycles. The minimum Gasteiger partial charge on any atom is -0.481 e. The SMILES string of the molecule is CC(C)(C)N(CCC(=O)O)C(=O)CCc1cccs1. The standard InChI is InChI=1S/C14H21NO3S/c1-14(2,3)15(9-8-13(17)18)12(16)7-6-11-5-4-10-19-11/h4-5,10H,6-9H2,1-3H3,(H,17,18). The highest BCUT2D eigenvalue weighted by Crippen LogP contribution is 2.18. The van der Waals surface area contributed by atoms with Gasteiger partial charge in [-0.2, -0.15) is 0 Å². The molecule has 0 saturated carbocycles. The molecule has 1 aromatic heterocycles. The summed E-state index contributed by atoms with van der Waals surface area (Å²) in [6.07, 6.45) is 1.13. The first-order valence-electron chi connectivity index (χ1n) is 6.35. The summed E-state index contributed by atoms with van der Waals surface area (Å²) in [5.41, 5.74) is -0.345. The smallest absolute Gasteiger partial charge is 0.305 e. The number of carbonyl (C=O) groups is 2. The molecule has 0 radical (unpaired) electrons. The van der Waals surface area contributed by atoms with Crippen LogP contribution in [0.15, 0.2) is 17.5 Å². The number of aliphatic carboxylic acids is 1. The van der Waals surface area contributed by atoms with Gasteiger partial charge in [-0.15, -0.1) is 11.3 Å². The third kappa shape index (κ3) is 5.42. The molecule has 4 nitrogen and oxygen atoms in total. The van der Waals surface area contributed by atoms with Crippen molar-refractivity contribution in [2.24, 2.45) is 0 Å². The third-order valence-electron chi connectivity index (χ3n) is 2.83. The Morgan fingerprint density at radius 1 is 1.32 bits per heavy atom. The van der Waals surface area contributed by atoms with E-state index >= 15 is 0 Å². The second-order valence-electron chi connectivity index (χ2n) is 5.44. The Kier molecular flexibility index (Phi) is 5.54. The van der Waals surface area contributed by atoms with Gasteiger partial charge in [0.1, 0.15) is 0 Å². The van der Waals surface area contributed by atoms with Gasteiger partial charge in [0.2, 0.25) is 5.91 Å². The minimum absolute atomic E-state index is 0.0119. The summed E-state index contributed by atoms with van der Waals surface area (Å²) >= 11 is 1.64. The number of carboxylic acids is 1. The Bertz CT molecular complexity index is 420. The zero-order chi connectivity index (χ0) is 14.5. The van der Waals surface area contributed by atoms with E-state index < -0.39 is 5.97 Å². The molecule has 0 spiro atoms. The van der Waals surface area contributed by atoms with E-state index in [0.29, 0.717) is 6.42 Å². The Hall–Kier alpha value is -1.36. The van der Waals surface area contributed by atoms with E-state index in [2.05, 4.69) is 0 Å². The molecular formula is C14H21NO3S. The largest absolute Gasteiger partial charge is 0.481 e.